The van der Waals surface area contributed by atoms with Gasteiger partial charge in [0, 0.05) is 4.70 Å². The second kappa shape index (κ2) is 5.99. The first kappa shape index (κ1) is 14.3. The predicted octanol–water partition coefficient (Wildman–Crippen LogP) is 3.91. The van der Waals surface area contributed by atoms with Crippen LogP contribution in [0.1, 0.15) is 20.0 Å². The molecule has 0 atom stereocenters. The van der Waals surface area contributed by atoms with E-state index in [9.17, 15) is 9.59 Å². The van der Waals surface area contributed by atoms with Crippen LogP contribution in [-0.4, -0.2) is 19.0 Å². The molecule has 2 aromatic carbocycles. The first-order valence-electron chi connectivity index (χ1n) is 6.56. The Kier molecular flexibility index (Phi) is 3.89. The largest absolute Gasteiger partial charge is 0.465 e. The van der Waals surface area contributed by atoms with E-state index in [1.54, 1.807) is 24.3 Å². The third-order valence-corrected chi connectivity index (χ3v) is 4.21. The number of carbonyl (C=O) groups excluding carboxylic acids is 2. The molecule has 0 aliphatic heterocycles. The lowest BCUT2D eigenvalue weighted by atomic mass is 10.2. The van der Waals surface area contributed by atoms with Crippen molar-refractivity contribution >= 4 is 33.4 Å². The number of methoxy groups -OCH3 is 1. The number of esters is 2. The molecule has 0 amide bonds. The highest BCUT2D eigenvalue weighted by atomic mass is 32.1. The van der Waals surface area contributed by atoms with Gasteiger partial charge in [-0.3, -0.25) is 0 Å². The maximum Gasteiger partial charge on any atom is 0.353 e. The van der Waals surface area contributed by atoms with E-state index >= 15 is 0 Å². The molecule has 0 aliphatic carbocycles. The summed E-state index contributed by atoms with van der Waals surface area (Å²) >= 11 is 1.39. The maximum absolute atomic E-state index is 12.2. The Hall–Kier alpha value is -2.66. The second-order valence-corrected chi connectivity index (χ2v) is 5.64. The monoisotopic (exact) mass is 312 g/mol. The summed E-state index contributed by atoms with van der Waals surface area (Å²) in [4.78, 5) is 24.0. The molecule has 110 valence electrons. The minimum atomic E-state index is -0.428. The number of carbonyl (C=O) groups is 2. The Labute approximate surface area is 130 Å². The highest BCUT2D eigenvalue weighted by molar-refractivity contribution is 7.20. The molecule has 5 heteroatoms. The molecule has 3 aromatic rings. The van der Waals surface area contributed by atoms with Gasteiger partial charge in [0.15, 0.2) is 0 Å². The van der Waals surface area contributed by atoms with Crippen LogP contribution in [0.5, 0.6) is 5.75 Å². The van der Waals surface area contributed by atoms with E-state index in [0.717, 1.165) is 10.1 Å². The van der Waals surface area contributed by atoms with Crippen LogP contribution in [0.2, 0.25) is 0 Å². The van der Waals surface area contributed by atoms with Crippen molar-refractivity contribution in [2.75, 3.05) is 7.11 Å². The highest BCUT2D eigenvalue weighted by Gasteiger charge is 2.13. The van der Waals surface area contributed by atoms with Crippen LogP contribution in [0.3, 0.4) is 0 Å². The van der Waals surface area contributed by atoms with Crippen molar-refractivity contribution in [3.63, 3.8) is 0 Å². The summed E-state index contributed by atoms with van der Waals surface area (Å²) in [5.74, 6) is -0.454. The zero-order chi connectivity index (χ0) is 15.5. The van der Waals surface area contributed by atoms with Crippen LogP contribution in [-0.2, 0) is 4.74 Å². The van der Waals surface area contributed by atoms with Crippen LogP contribution in [0.4, 0.5) is 0 Å². The number of rotatable bonds is 3. The van der Waals surface area contributed by atoms with Crippen molar-refractivity contribution in [1.82, 2.24) is 0 Å². The van der Waals surface area contributed by atoms with Crippen LogP contribution in [0, 0.1) is 0 Å². The lowest BCUT2D eigenvalue weighted by molar-refractivity contribution is 0.0600. The molecule has 0 unspecified atom stereocenters. The van der Waals surface area contributed by atoms with E-state index in [1.165, 1.54) is 18.4 Å². The standard InChI is InChI=1S/C17H12O4S/c1-20-16(18)11-6-8-13(9-7-11)21-17(19)15-10-12-4-2-3-5-14(12)22-15/h2-10H,1H3. The highest BCUT2D eigenvalue weighted by Crippen LogP contribution is 2.26. The SMILES string of the molecule is COC(=O)c1ccc(OC(=O)c2cc3ccccc3s2)cc1. The lowest BCUT2D eigenvalue weighted by Crippen LogP contribution is -2.07. The number of fused-ring (bicyclic) bond motifs is 1. The Morgan fingerprint density at radius 2 is 1.68 bits per heavy atom. The predicted molar refractivity (Wildman–Crippen MR) is 84.6 cm³/mol. The number of thiophene rings is 1. The van der Waals surface area contributed by atoms with E-state index in [1.807, 2.05) is 30.3 Å². The molecule has 0 radical (unpaired) electrons. The fourth-order valence-electron chi connectivity index (χ4n) is 2.02. The molecule has 3 rings (SSSR count). The van der Waals surface area contributed by atoms with Gasteiger partial charge in [-0.05, 0) is 41.8 Å². The molecule has 1 aromatic heterocycles. The fourth-order valence-corrected chi connectivity index (χ4v) is 2.96. The zero-order valence-corrected chi connectivity index (χ0v) is 12.6. The molecule has 4 nitrogen and oxygen atoms in total. The Morgan fingerprint density at radius 3 is 2.36 bits per heavy atom. The van der Waals surface area contributed by atoms with Crippen LogP contribution >= 0.6 is 11.3 Å². The molecule has 0 bridgehead atoms. The molecule has 1 heterocycles. The molecule has 0 spiro atoms. The summed E-state index contributed by atoms with van der Waals surface area (Å²) in [6.45, 7) is 0. The summed E-state index contributed by atoms with van der Waals surface area (Å²) in [6, 6.07) is 15.8. The van der Waals surface area contributed by atoms with E-state index in [-0.39, 0.29) is 0 Å². The van der Waals surface area contributed by atoms with Gasteiger partial charge in [-0.1, -0.05) is 18.2 Å². The summed E-state index contributed by atoms with van der Waals surface area (Å²) in [5.41, 5.74) is 0.407. The van der Waals surface area contributed by atoms with Crippen molar-refractivity contribution in [2.24, 2.45) is 0 Å². The third-order valence-electron chi connectivity index (χ3n) is 3.11. The molecule has 0 fully saturated rings. The summed E-state index contributed by atoms with van der Waals surface area (Å²) in [6.07, 6.45) is 0. The number of hydrogen-bond donors (Lipinski definition) is 0. The van der Waals surface area contributed by atoms with Gasteiger partial charge in [-0.2, -0.15) is 0 Å². The van der Waals surface area contributed by atoms with Gasteiger partial charge in [-0.15, -0.1) is 11.3 Å². The van der Waals surface area contributed by atoms with Gasteiger partial charge >= 0.3 is 11.9 Å². The van der Waals surface area contributed by atoms with Crippen molar-refractivity contribution in [3.8, 4) is 5.75 Å². The van der Waals surface area contributed by atoms with E-state index in [4.69, 9.17) is 4.74 Å². The zero-order valence-electron chi connectivity index (χ0n) is 11.7. The van der Waals surface area contributed by atoms with Gasteiger partial charge in [0.25, 0.3) is 0 Å². The maximum atomic E-state index is 12.2. The van der Waals surface area contributed by atoms with Crippen molar-refractivity contribution < 1.29 is 19.1 Å². The normalized spacial score (nSPS) is 10.4. The summed E-state index contributed by atoms with van der Waals surface area (Å²) in [5, 5.41) is 1.01. The average Bonchev–Trinajstić information content (AvgIpc) is 2.99. The van der Waals surface area contributed by atoms with E-state index in [2.05, 4.69) is 4.74 Å². The number of benzene rings is 2. The summed E-state index contributed by atoms with van der Waals surface area (Å²) in [7, 11) is 1.32. The molecule has 0 saturated carbocycles. The Balaban J connectivity index is 1.77. The van der Waals surface area contributed by atoms with Crippen LogP contribution < -0.4 is 4.74 Å². The van der Waals surface area contributed by atoms with Gasteiger partial charge in [0.05, 0.1) is 12.7 Å². The molecule has 22 heavy (non-hydrogen) atoms. The van der Waals surface area contributed by atoms with Crippen molar-refractivity contribution in [2.45, 2.75) is 0 Å². The Morgan fingerprint density at radius 1 is 0.955 bits per heavy atom. The van der Waals surface area contributed by atoms with Gasteiger partial charge < -0.3 is 9.47 Å². The van der Waals surface area contributed by atoms with Crippen LogP contribution in [0.25, 0.3) is 10.1 Å². The average molecular weight is 312 g/mol. The number of hydrogen-bond acceptors (Lipinski definition) is 5. The van der Waals surface area contributed by atoms with Gasteiger partial charge in [0.2, 0.25) is 0 Å². The fraction of sp³-hybridized carbons (Fsp3) is 0.0588. The Bertz CT molecular complexity index is 800. The van der Waals surface area contributed by atoms with Crippen molar-refractivity contribution in [3.05, 3.63) is 65.0 Å². The molecule has 0 aliphatic rings. The van der Waals surface area contributed by atoms with Gasteiger partial charge in [-0.25, -0.2) is 9.59 Å². The summed E-state index contributed by atoms with van der Waals surface area (Å²) < 4.78 is 11.0. The van der Waals surface area contributed by atoms with E-state index in [0.29, 0.717) is 16.2 Å². The minimum Gasteiger partial charge on any atom is -0.465 e. The topological polar surface area (TPSA) is 52.6 Å². The number of ether oxygens (including phenoxy) is 2. The smallest absolute Gasteiger partial charge is 0.353 e. The quantitative estimate of drug-likeness (QED) is 0.543. The molecule has 0 N–H and O–H groups in total. The minimum absolute atomic E-state index is 0.384. The first-order chi connectivity index (χ1) is 10.7. The lowest BCUT2D eigenvalue weighted by Gasteiger charge is -2.03. The van der Waals surface area contributed by atoms with Gasteiger partial charge in [0.1, 0.15) is 10.6 Å². The molecular formula is C17H12O4S. The van der Waals surface area contributed by atoms with Crippen LogP contribution in [0.15, 0.2) is 54.6 Å². The van der Waals surface area contributed by atoms with Crippen molar-refractivity contribution in [1.29, 1.82) is 0 Å². The third kappa shape index (κ3) is 2.84. The molecular weight excluding hydrogens is 300 g/mol. The molecule has 0 saturated heterocycles. The second-order valence-electron chi connectivity index (χ2n) is 4.55. The van der Waals surface area contributed by atoms with E-state index < -0.39 is 11.9 Å². The first-order valence-corrected chi connectivity index (χ1v) is 7.38.